The van der Waals surface area contributed by atoms with Crippen LogP contribution in [0.5, 0.6) is 0 Å². The zero-order chi connectivity index (χ0) is 24.7. The standard InChI is InChI=1S/C26H44N6O4/c33-23(19-30-14-16-35-17-15-30)18-28-6-8-29(9-7-28)20-25-27-24(21-36-25)26(34)32-12-10-31(11-13-32)22-4-2-1-3-5-22/h21-23,33H,1-20H2. The molecule has 0 radical (unpaired) electrons. The van der Waals surface area contributed by atoms with Gasteiger partial charge in [0.1, 0.15) is 6.26 Å². The van der Waals surface area contributed by atoms with Crippen LogP contribution in [0.4, 0.5) is 0 Å². The molecule has 1 aromatic rings. The fourth-order valence-electron chi connectivity index (χ4n) is 6.14. The van der Waals surface area contributed by atoms with Crippen molar-refractivity contribution in [2.75, 3.05) is 91.8 Å². The maximum atomic E-state index is 13.0. The fraction of sp³-hybridized carbons (Fsp3) is 0.846. The Kier molecular flexibility index (Phi) is 9.26. The third-order valence-corrected chi connectivity index (χ3v) is 8.33. The summed E-state index contributed by atoms with van der Waals surface area (Å²) in [5.41, 5.74) is 0.431. The van der Waals surface area contributed by atoms with Gasteiger partial charge in [-0.1, -0.05) is 19.3 Å². The van der Waals surface area contributed by atoms with Crippen molar-refractivity contribution >= 4 is 5.91 Å². The number of ether oxygens (including phenoxy) is 1. The maximum absolute atomic E-state index is 13.0. The maximum Gasteiger partial charge on any atom is 0.275 e. The van der Waals surface area contributed by atoms with Gasteiger partial charge in [0.2, 0.25) is 5.89 Å². The minimum absolute atomic E-state index is 0.00707. The molecule has 1 unspecified atom stereocenters. The van der Waals surface area contributed by atoms with E-state index < -0.39 is 0 Å². The summed E-state index contributed by atoms with van der Waals surface area (Å²) in [5, 5.41) is 10.5. The van der Waals surface area contributed by atoms with Gasteiger partial charge in [0.05, 0.1) is 25.9 Å². The molecule has 1 N–H and O–H groups in total. The van der Waals surface area contributed by atoms with Crippen molar-refractivity contribution in [3.8, 4) is 0 Å². The Bertz CT molecular complexity index is 809. The summed E-state index contributed by atoms with van der Waals surface area (Å²) in [6.45, 7) is 12.5. The zero-order valence-electron chi connectivity index (χ0n) is 21.7. The molecule has 4 fully saturated rings. The molecule has 0 aromatic carbocycles. The van der Waals surface area contributed by atoms with Crippen LogP contribution in [0.3, 0.4) is 0 Å². The van der Waals surface area contributed by atoms with E-state index in [9.17, 15) is 9.90 Å². The highest BCUT2D eigenvalue weighted by molar-refractivity contribution is 5.92. The summed E-state index contributed by atoms with van der Waals surface area (Å²) in [5.74, 6) is 0.604. The van der Waals surface area contributed by atoms with Crippen LogP contribution < -0.4 is 0 Å². The second-order valence-electron chi connectivity index (χ2n) is 10.9. The molecule has 0 spiro atoms. The van der Waals surface area contributed by atoms with Crippen LogP contribution in [0.25, 0.3) is 0 Å². The van der Waals surface area contributed by atoms with Crippen molar-refractivity contribution < 1.29 is 19.1 Å². The first-order valence-corrected chi connectivity index (χ1v) is 14.0. The van der Waals surface area contributed by atoms with E-state index in [-0.39, 0.29) is 12.0 Å². The van der Waals surface area contributed by atoms with Gasteiger partial charge in [0, 0.05) is 84.6 Å². The van der Waals surface area contributed by atoms with Crippen molar-refractivity contribution in [1.29, 1.82) is 0 Å². The van der Waals surface area contributed by atoms with Crippen molar-refractivity contribution in [3.63, 3.8) is 0 Å². The van der Waals surface area contributed by atoms with Crippen LogP contribution in [0.1, 0.15) is 48.5 Å². The topological polar surface area (TPSA) is 88.8 Å². The number of piperazine rings is 2. The number of aliphatic hydroxyl groups is 1. The molecular formula is C26H44N6O4. The van der Waals surface area contributed by atoms with E-state index in [0.717, 1.165) is 78.7 Å². The first-order valence-electron chi connectivity index (χ1n) is 14.0. The van der Waals surface area contributed by atoms with Crippen LogP contribution in [0.15, 0.2) is 10.7 Å². The Morgan fingerprint density at radius 1 is 0.889 bits per heavy atom. The molecular weight excluding hydrogens is 460 g/mol. The molecule has 36 heavy (non-hydrogen) atoms. The lowest BCUT2D eigenvalue weighted by Gasteiger charge is -2.40. The molecule has 5 rings (SSSR count). The molecule has 3 saturated heterocycles. The lowest BCUT2D eigenvalue weighted by atomic mass is 9.94. The van der Waals surface area contributed by atoms with E-state index in [2.05, 4.69) is 24.6 Å². The van der Waals surface area contributed by atoms with Crippen LogP contribution in [0, 0.1) is 0 Å². The van der Waals surface area contributed by atoms with Gasteiger partial charge in [0.25, 0.3) is 5.91 Å². The molecule has 1 aliphatic carbocycles. The number of amides is 1. The van der Waals surface area contributed by atoms with Crippen LogP contribution in [0.2, 0.25) is 0 Å². The van der Waals surface area contributed by atoms with Gasteiger partial charge in [-0.3, -0.25) is 24.4 Å². The largest absolute Gasteiger partial charge is 0.447 e. The number of rotatable bonds is 8. The summed E-state index contributed by atoms with van der Waals surface area (Å²) in [6, 6.07) is 0.711. The zero-order valence-corrected chi connectivity index (χ0v) is 21.7. The summed E-state index contributed by atoms with van der Waals surface area (Å²) < 4.78 is 11.1. The first-order chi connectivity index (χ1) is 17.6. The normalized spacial score (nSPS) is 25.3. The van der Waals surface area contributed by atoms with Gasteiger partial charge in [-0.2, -0.15) is 0 Å². The second kappa shape index (κ2) is 12.8. The number of morpholine rings is 1. The SMILES string of the molecule is O=C(c1coc(CN2CCN(CC(O)CN3CCOCC3)CC2)n1)N1CCN(C2CCCCC2)CC1. The number of aliphatic hydroxyl groups excluding tert-OH is 1. The van der Waals surface area contributed by atoms with Crippen LogP contribution in [-0.2, 0) is 11.3 Å². The quantitative estimate of drug-likeness (QED) is 0.546. The third-order valence-electron chi connectivity index (χ3n) is 8.33. The molecule has 1 aromatic heterocycles. The highest BCUT2D eigenvalue weighted by Crippen LogP contribution is 2.24. The van der Waals surface area contributed by atoms with E-state index >= 15 is 0 Å². The van der Waals surface area contributed by atoms with Crippen molar-refractivity contribution in [2.45, 2.75) is 50.8 Å². The summed E-state index contributed by atoms with van der Waals surface area (Å²) in [6.07, 6.45) is 7.88. The number of carbonyl (C=O) groups is 1. The van der Waals surface area contributed by atoms with Gasteiger partial charge in [0.15, 0.2) is 5.69 Å². The minimum atomic E-state index is -0.334. The van der Waals surface area contributed by atoms with Gasteiger partial charge in [-0.25, -0.2) is 4.98 Å². The summed E-state index contributed by atoms with van der Waals surface area (Å²) in [4.78, 5) is 29.0. The van der Waals surface area contributed by atoms with Gasteiger partial charge in [-0.05, 0) is 12.8 Å². The van der Waals surface area contributed by atoms with Crippen molar-refractivity contribution in [1.82, 2.24) is 29.5 Å². The average Bonchev–Trinajstić information content (AvgIpc) is 3.39. The number of nitrogens with zero attached hydrogens (tertiary/aromatic N) is 6. The number of aromatic nitrogens is 1. The van der Waals surface area contributed by atoms with E-state index in [4.69, 9.17) is 9.15 Å². The van der Waals surface area contributed by atoms with Crippen LogP contribution in [-0.4, -0.2) is 144 Å². The van der Waals surface area contributed by atoms with E-state index in [1.807, 2.05) is 4.90 Å². The third kappa shape index (κ3) is 7.05. The second-order valence-corrected chi connectivity index (χ2v) is 10.9. The fourth-order valence-corrected chi connectivity index (χ4v) is 6.14. The van der Waals surface area contributed by atoms with E-state index in [1.165, 1.54) is 38.4 Å². The average molecular weight is 505 g/mol. The molecule has 202 valence electrons. The highest BCUT2D eigenvalue weighted by Gasteiger charge is 2.29. The molecule has 1 atom stereocenters. The Hall–Kier alpha value is -1.56. The minimum Gasteiger partial charge on any atom is -0.447 e. The first kappa shape index (κ1) is 26.1. The number of oxazole rings is 1. The monoisotopic (exact) mass is 504 g/mol. The van der Waals surface area contributed by atoms with Crippen molar-refractivity contribution in [3.05, 3.63) is 17.8 Å². The van der Waals surface area contributed by atoms with Crippen molar-refractivity contribution in [2.24, 2.45) is 0 Å². The highest BCUT2D eigenvalue weighted by atomic mass is 16.5. The lowest BCUT2D eigenvalue weighted by Crippen LogP contribution is -2.52. The molecule has 1 saturated carbocycles. The molecule has 10 nitrogen and oxygen atoms in total. The number of β-amino-alcohol motifs (C(OH)–C–C–N with tert-alkyl or cyclic N) is 1. The van der Waals surface area contributed by atoms with E-state index in [0.29, 0.717) is 37.3 Å². The van der Waals surface area contributed by atoms with Crippen LogP contribution >= 0.6 is 0 Å². The van der Waals surface area contributed by atoms with Gasteiger partial charge in [-0.15, -0.1) is 0 Å². The molecule has 10 heteroatoms. The molecule has 4 aliphatic rings. The number of hydrogen-bond donors (Lipinski definition) is 1. The summed E-state index contributed by atoms with van der Waals surface area (Å²) in [7, 11) is 0. The lowest BCUT2D eigenvalue weighted by molar-refractivity contribution is 0.00187. The Morgan fingerprint density at radius 3 is 2.22 bits per heavy atom. The Balaban J connectivity index is 1.01. The van der Waals surface area contributed by atoms with E-state index in [1.54, 1.807) is 0 Å². The Morgan fingerprint density at radius 2 is 1.53 bits per heavy atom. The predicted octanol–water partition coefficient (Wildman–Crippen LogP) is 0.576. The Labute approximate surface area is 215 Å². The smallest absolute Gasteiger partial charge is 0.275 e. The molecule has 0 bridgehead atoms. The number of hydrogen-bond acceptors (Lipinski definition) is 9. The molecule has 3 aliphatic heterocycles. The number of carbonyl (C=O) groups excluding carboxylic acids is 1. The molecule has 4 heterocycles. The summed E-state index contributed by atoms with van der Waals surface area (Å²) >= 11 is 0. The predicted molar refractivity (Wildman–Crippen MR) is 136 cm³/mol. The van der Waals surface area contributed by atoms with Gasteiger partial charge >= 0.3 is 0 Å². The van der Waals surface area contributed by atoms with Gasteiger partial charge < -0.3 is 19.2 Å². The molecule has 1 amide bonds.